The van der Waals surface area contributed by atoms with Gasteiger partial charge in [-0.25, -0.2) is 4.79 Å². The molecule has 2 aliphatic carbocycles. The van der Waals surface area contributed by atoms with Crippen LogP contribution in [0.1, 0.15) is 72.2 Å². The number of allylic oxidation sites excluding steroid dienone is 4. The van der Waals surface area contributed by atoms with E-state index >= 15 is 0 Å². The van der Waals surface area contributed by atoms with E-state index in [1.165, 1.54) is 5.56 Å². The molecule has 2 heterocycles. The van der Waals surface area contributed by atoms with Crippen LogP contribution in [0.4, 0.5) is 10.5 Å². The number of carbonyl (C=O) groups is 1. The first-order valence-electron chi connectivity index (χ1n) is 12.8. The second-order valence-electron chi connectivity index (χ2n) is 9.85. The third kappa shape index (κ3) is 4.51. The van der Waals surface area contributed by atoms with Crippen molar-refractivity contribution in [3.8, 4) is 0 Å². The highest BCUT2D eigenvalue weighted by atomic mass is 16.6. The molecule has 2 N–H and O–H groups in total. The summed E-state index contributed by atoms with van der Waals surface area (Å²) in [6.45, 7) is 3.65. The number of rotatable bonds is 7. The van der Waals surface area contributed by atoms with Crippen molar-refractivity contribution in [2.45, 2.75) is 50.5 Å². The number of aryl methyl sites for hydroxylation is 1. The van der Waals surface area contributed by atoms with Crippen LogP contribution in [-0.4, -0.2) is 31.9 Å². The molecule has 1 amide bonds. The molecule has 2 aromatic carbocycles. The molecule has 0 spiro atoms. The summed E-state index contributed by atoms with van der Waals surface area (Å²) in [7, 11) is 0. The number of nitrogens with zero attached hydrogens (tertiary/aromatic N) is 4. The molecule has 1 fully saturated rings. The largest absolute Gasteiger partial charge is 0.441 e. The molecule has 2 atom stereocenters. The Kier molecular flexibility index (Phi) is 6.11. The molecule has 192 valence electrons. The maximum atomic E-state index is 12.7. The summed E-state index contributed by atoms with van der Waals surface area (Å²) >= 11 is 0. The monoisotopic (exact) mass is 508 g/mol. The zero-order valence-corrected chi connectivity index (χ0v) is 21.2. The van der Waals surface area contributed by atoms with E-state index in [0.717, 1.165) is 41.8 Å². The van der Waals surface area contributed by atoms with Crippen LogP contribution in [0.15, 0.2) is 77.3 Å². The Labute approximate surface area is 220 Å². The average molecular weight is 509 g/mol. The van der Waals surface area contributed by atoms with Crippen molar-refractivity contribution >= 4 is 17.4 Å². The number of ether oxygens (including phenoxy) is 1. The third-order valence-electron chi connectivity index (χ3n) is 7.40. The SMILES string of the molecule is Cc1noc(C2C=CC(c3ccc(C4(c5nn[nH]n5)CC4)cc3)=CC2)c1NC(=O)O[C@H](C)c1ccccc1. The van der Waals surface area contributed by atoms with E-state index in [0.29, 0.717) is 17.1 Å². The van der Waals surface area contributed by atoms with Crippen molar-refractivity contribution < 1.29 is 14.1 Å². The van der Waals surface area contributed by atoms with Crippen molar-refractivity contribution in [1.29, 1.82) is 0 Å². The molecule has 0 aliphatic heterocycles. The Morgan fingerprint density at radius 3 is 2.61 bits per heavy atom. The number of tetrazole rings is 1. The molecular formula is C29H28N6O3. The number of carbonyl (C=O) groups excluding carboxylic acids is 1. The van der Waals surface area contributed by atoms with Gasteiger partial charge in [0.15, 0.2) is 11.6 Å². The van der Waals surface area contributed by atoms with Crippen LogP contribution in [0.5, 0.6) is 0 Å². The van der Waals surface area contributed by atoms with E-state index in [9.17, 15) is 4.79 Å². The predicted molar refractivity (Wildman–Crippen MR) is 141 cm³/mol. The van der Waals surface area contributed by atoms with E-state index in [1.54, 1.807) is 6.92 Å². The minimum Gasteiger partial charge on any atom is -0.441 e. The van der Waals surface area contributed by atoms with Crippen molar-refractivity contribution in [3.63, 3.8) is 0 Å². The minimum atomic E-state index is -0.542. The second-order valence-corrected chi connectivity index (χ2v) is 9.85. The molecule has 0 radical (unpaired) electrons. The molecule has 0 saturated heterocycles. The van der Waals surface area contributed by atoms with Crippen molar-refractivity contribution in [3.05, 3.63) is 107 Å². The highest BCUT2D eigenvalue weighted by Gasteiger charge is 2.49. The first kappa shape index (κ1) is 23.8. The molecule has 2 aliphatic rings. The fourth-order valence-corrected chi connectivity index (χ4v) is 5.02. The second kappa shape index (κ2) is 9.74. The van der Waals surface area contributed by atoms with E-state index in [-0.39, 0.29) is 17.4 Å². The zero-order valence-electron chi connectivity index (χ0n) is 21.2. The van der Waals surface area contributed by atoms with Gasteiger partial charge in [0.2, 0.25) is 0 Å². The lowest BCUT2D eigenvalue weighted by Crippen LogP contribution is -2.17. The highest BCUT2D eigenvalue weighted by Crippen LogP contribution is 2.52. The standard InChI is InChI=1S/C29H28N6O3/c1-18-25(30-28(36)37-19(2)20-6-4-3-5-7-20)26(38-33-18)23-10-8-21(9-11-23)22-12-14-24(15-13-22)29(16-17-29)27-31-34-35-32-27/h3-10,12-15,19,23H,11,16-17H2,1-2H3,(H,30,36)(H,31,32,34,35)/t19-,23?/m1/s1. The number of aromatic nitrogens is 5. The van der Waals surface area contributed by atoms with Crippen LogP contribution in [-0.2, 0) is 10.2 Å². The van der Waals surface area contributed by atoms with Crippen LogP contribution < -0.4 is 5.32 Å². The van der Waals surface area contributed by atoms with Gasteiger partial charge in [-0.1, -0.05) is 83.2 Å². The average Bonchev–Trinajstić information content (AvgIpc) is 3.40. The van der Waals surface area contributed by atoms with Crippen molar-refractivity contribution in [2.75, 3.05) is 5.32 Å². The lowest BCUT2D eigenvalue weighted by Gasteiger charge is -2.17. The lowest BCUT2D eigenvalue weighted by atomic mass is 9.89. The van der Waals surface area contributed by atoms with Gasteiger partial charge in [0.05, 0.1) is 5.41 Å². The Balaban J connectivity index is 1.12. The van der Waals surface area contributed by atoms with Gasteiger partial charge < -0.3 is 9.26 Å². The molecule has 0 bridgehead atoms. The van der Waals surface area contributed by atoms with Gasteiger partial charge in [0, 0.05) is 5.92 Å². The molecule has 1 saturated carbocycles. The first-order valence-corrected chi connectivity index (χ1v) is 12.8. The van der Waals surface area contributed by atoms with E-state index in [1.807, 2.05) is 37.3 Å². The predicted octanol–water partition coefficient (Wildman–Crippen LogP) is 6.01. The Bertz CT molecular complexity index is 1490. The van der Waals surface area contributed by atoms with Crippen LogP contribution in [0.25, 0.3) is 5.57 Å². The summed E-state index contributed by atoms with van der Waals surface area (Å²) in [6.07, 6.45) is 8.22. The maximum Gasteiger partial charge on any atom is 0.412 e. The van der Waals surface area contributed by atoms with Crippen molar-refractivity contribution in [2.24, 2.45) is 0 Å². The van der Waals surface area contributed by atoms with Crippen molar-refractivity contribution in [1.82, 2.24) is 25.8 Å². The van der Waals surface area contributed by atoms with Gasteiger partial charge >= 0.3 is 6.09 Å². The fourth-order valence-electron chi connectivity index (χ4n) is 5.02. The Morgan fingerprint density at radius 2 is 1.95 bits per heavy atom. The summed E-state index contributed by atoms with van der Waals surface area (Å²) in [4.78, 5) is 12.7. The number of amides is 1. The Morgan fingerprint density at radius 1 is 1.16 bits per heavy atom. The quantitative estimate of drug-likeness (QED) is 0.314. The summed E-state index contributed by atoms with van der Waals surface area (Å²) in [5.41, 5.74) is 5.47. The van der Waals surface area contributed by atoms with E-state index in [2.05, 4.69) is 73.6 Å². The van der Waals surface area contributed by atoms with E-state index < -0.39 is 6.09 Å². The van der Waals surface area contributed by atoms with Gasteiger partial charge in [-0.3, -0.25) is 5.32 Å². The summed E-state index contributed by atoms with van der Waals surface area (Å²) in [6, 6.07) is 18.2. The summed E-state index contributed by atoms with van der Waals surface area (Å²) in [5, 5.41) is 21.7. The molecule has 6 rings (SSSR count). The number of benzene rings is 2. The molecule has 4 aromatic rings. The van der Waals surface area contributed by atoms with Crippen LogP contribution >= 0.6 is 0 Å². The smallest absolute Gasteiger partial charge is 0.412 e. The summed E-state index contributed by atoms with van der Waals surface area (Å²) in [5.74, 6) is 1.33. The molecule has 1 unspecified atom stereocenters. The zero-order chi connectivity index (χ0) is 26.1. The maximum absolute atomic E-state index is 12.7. The van der Waals surface area contributed by atoms with Gasteiger partial charge in [-0.2, -0.15) is 5.21 Å². The normalized spacial score (nSPS) is 18.5. The molecule has 9 heteroatoms. The number of anilines is 1. The first-order chi connectivity index (χ1) is 18.5. The topological polar surface area (TPSA) is 119 Å². The molecule has 9 nitrogen and oxygen atoms in total. The lowest BCUT2D eigenvalue weighted by molar-refractivity contribution is 0.121. The van der Waals surface area contributed by atoms with Gasteiger partial charge in [-0.15, -0.1) is 10.2 Å². The van der Waals surface area contributed by atoms with Crippen LogP contribution in [0.3, 0.4) is 0 Å². The molecular weight excluding hydrogens is 480 g/mol. The number of aromatic amines is 1. The van der Waals surface area contributed by atoms with Crippen LogP contribution in [0.2, 0.25) is 0 Å². The number of H-pyrrole nitrogens is 1. The molecule has 2 aromatic heterocycles. The third-order valence-corrected chi connectivity index (χ3v) is 7.40. The number of hydrogen-bond donors (Lipinski definition) is 2. The van der Waals surface area contributed by atoms with Crippen LogP contribution in [0, 0.1) is 6.92 Å². The molecule has 38 heavy (non-hydrogen) atoms. The van der Waals surface area contributed by atoms with Gasteiger partial charge in [0.25, 0.3) is 0 Å². The highest BCUT2D eigenvalue weighted by molar-refractivity contribution is 5.86. The summed E-state index contributed by atoms with van der Waals surface area (Å²) < 4.78 is 11.2. The Hall–Kier alpha value is -4.53. The van der Waals surface area contributed by atoms with Gasteiger partial charge in [-0.05, 0) is 55.4 Å². The number of nitrogens with one attached hydrogen (secondary N) is 2. The minimum absolute atomic E-state index is 0.0472. The number of hydrogen-bond acceptors (Lipinski definition) is 7. The van der Waals surface area contributed by atoms with Gasteiger partial charge in [0.1, 0.15) is 17.5 Å². The fraction of sp³-hybridized carbons (Fsp3) is 0.276. The van der Waals surface area contributed by atoms with E-state index in [4.69, 9.17) is 9.26 Å².